The van der Waals surface area contributed by atoms with Crippen LogP contribution in [-0.2, 0) is 6.42 Å². The van der Waals surface area contributed by atoms with E-state index in [1.54, 1.807) is 0 Å². The summed E-state index contributed by atoms with van der Waals surface area (Å²) >= 11 is 2.05. The molecule has 1 aromatic carbocycles. The van der Waals surface area contributed by atoms with Crippen LogP contribution in [0.1, 0.15) is 51.3 Å². The zero-order chi connectivity index (χ0) is 14.1. The lowest BCUT2D eigenvalue weighted by Crippen LogP contribution is -2.23. The summed E-state index contributed by atoms with van der Waals surface area (Å²) in [7, 11) is 0. The van der Waals surface area contributed by atoms with Crippen LogP contribution in [0.25, 0.3) is 0 Å². The summed E-state index contributed by atoms with van der Waals surface area (Å²) < 4.78 is 0. The van der Waals surface area contributed by atoms with Gasteiger partial charge >= 0.3 is 0 Å². The average Bonchev–Trinajstić information content (AvgIpc) is 2.38. The van der Waals surface area contributed by atoms with Gasteiger partial charge in [-0.2, -0.15) is 11.8 Å². The Labute approximate surface area is 123 Å². The van der Waals surface area contributed by atoms with E-state index < -0.39 is 0 Å². The molecule has 2 heteroatoms. The third-order valence-electron chi connectivity index (χ3n) is 3.11. The first-order chi connectivity index (χ1) is 9.17. The van der Waals surface area contributed by atoms with Crippen molar-refractivity contribution in [3.8, 4) is 0 Å². The Bertz CT molecular complexity index is 332. The third kappa shape index (κ3) is 6.49. The number of hydrogen-bond acceptors (Lipinski definition) is 2. The van der Waals surface area contributed by atoms with Crippen LogP contribution >= 0.6 is 11.8 Å². The van der Waals surface area contributed by atoms with E-state index in [0.717, 1.165) is 12.5 Å². The maximum absolute atomic E-state index is 3.60. The summed E-state index contributed by atoms with van der Waals surface area (Å²) in [4.78, 5) is 0. The highest BCUT2D eigenvalue weighted by Gasteiger charge is 2.10. The average molecular weight is 279 g/mol. The standard InChI is InChI=1S/C17H29NS/c1-5-11-19-13-17(18-6-2)16-9-7-15(8-10-16)12-14(3)4/h7-10,14,17-18H,5-6,11-13H2,1-4H3. The maximum atomic E-state index is 3.60. The fourth-order valence-electron chi connectivity index (χ4n) is 2.22. The zero-order valence-corrected chi connectivity index (χ0v) is 13.7. The van der Waals surface area contributed by atoms with E-state index in [1.807, 2.05) is 11.8 Å². The summed E-state index contributed by atoms with van der Waals surface area (Å²) in [5.74, 6) is 3.16. The van der Waals surface area contributed by atoms with Crippen molar-refractivity contribution in [1.82, 2.24) is 5.32 Å². The number of nitrogens with one attached hydrogen (secondary N) is 1. The summed E-state index contributed by atoms with van der Waals surface area (Å²) in [6, 6.07) is 9.69. The van der Waals surface area contributed by atoms with Gasteiger partial charge in [-0.3, -0.25) is 0 Å². The van der Waals surface area contributed by atoms with Crippen LogP contribution < -0.4 is 5.32 Å². The second-order valence-corrected chi connectivity index (χ2v) is 6.67. The van der Waals surface area contributed by atoms with Crippen LogP contribution in [-0.4, -0.2) is 18.1 Å². The Hall–Kier alpha value is -0.470. The molecule has 1 unspecified atom stereocenters. The second kappa shape index (κ2) is 9.44. The van der Waals surface area contributed by atoms with E-state index in [1.165, 1.54) is 35.5 Å². The van der Waals surface area contributed by atoms with Crippen molar-refractivity contribution in [3.63, 3.8) is 0 Å². The summed E-state index contributed by atoms with van der Waals surface area (Å²) in [5.41, 5.74) is 2.88. The van der Waals surface area contributed by atoms with Gasteiger partial charge in [-0.1, -0.05) is 52.0 Å². The molecule has 1 aromatic rings. The van der Waals surface area contributed by atoms with E-state index in [9.17, 15) is 0 Å². The van der Waals surface area contributed by atoms with Gasteiger partial charge in [-0.15, -0.1) is 0 Å². The van der Waals surface area contributed by atoms with E-state index in [0.29, 0.717) is 6.04 Å². The number of benzene rings is 1. The first-order valence-electron chi connectivity index (χ1n) is 7.57. The maximum Gasteiger partial charge on any atom is 0.0411 e. The van der Waals surface area contributed by atoms with Crippen LogP contribution in [0.5, 0.6) is 0 Å². The molecule has 1 rings (SSSR count). The number of rotatable bonds is 9. The van der Waals surface area contributed by atoms with Gasteiger partial charge in [0, 0.05) is 11.8 Å². The molecule has 1 nitrogen and oxygen atoms in total. The second-order valence-electron chi connectivity index (χ2n) is 5.52. The SMILES string of the molecule is CCCSCC(NCC)c1ccc(CC(C)C)cc1. The molecule has 0 aliphatic carbocycles. The van der Waals surface area contributed by atoms with Gasteiger partial charge in [-0.05, 0) is 42.2 Å². The minimum absolute atomic E-state index is 0.495. The highest BCUT2D eigenvalue weighted by molar-refractivity contribution is 7.99. The lowest BCUT2D eigenvalue weighted by molar-refractivity contribution is 0.604. The first kappa shape index (κ1) is 16.6. The predicted molar refractivity (Wildman–Crippen MR) is 89.0 cm³/mol. The normalized spacial score (nSPS) is 12.9. The van der Waals surface area contributed by atoms with Crippen molar-refractivity contribution >= 4 is 11.8 Å². The molecule has 0 fully saturated rings. The molecule has 0 aliphatic heterocycles. The molecule has 1 N–H and O–H groups in total. The predicted octanol–water partition coefficient (Wildman–Crippen LogP) is 4.68. The van der Waals surface area contributed by atoms with Crippen LogP contribution in [0, 0.1) is 5.92 Å². The van der Waals surface area contributed by atoms with E-state index in [4.69, 9.17) is 0 Å². The molecule has 0 amide bonds. The van der Waals surface area contributed by atoms with Gasteiger partial charge in [0.1, 0.15) is 0 Å². The summed E-state index contributed by atoms with van der Waals surface area (Å²) in [5, 5.41) is 3.60. The van der Waals surface area contributed by atoms with Crippen molar-refractivity contribution in [1.29, 1.82) is 0 Å². The smallest absolute Gasteiger partial charge is 0.0411 e. The van der Waals surface area contributed by atoms with E-state index in [-0.39, 0.29) is 0 Å². The Morgan fingerprint density at radius 3 is 2.32 bits per heavy atom. The topological polar surface area (TPSA) is 12.0 Å². The van der Waals surface area contributed by atoms with Crippen molar-refractivity contribution in [2.24, 2.45) is 5.92 Å². The quantitative estimate of drug-likeness (QED) is 0.659. The molecule has 0 aliphatic rings. The molecule has 0 bridgehead atoms. The third-order valence-corrected chi connectivity index (χ3v) is 4.38. The minimum Gasteiger partial charge on any atom is -0.310 e. The fourth-order valence-corrected chi connectivity index (χ4v) is 3.22. The van der Waals surface area contributed by atoms with Crippen LogP contribution in [0.3, 0.4) is 0 Å². The molecule has 0 saturated heterocycles. The lowest BCUT2D eigenvalue weighted by atomic mass is 10.00. The van der Waals surface area contributed by atoms with E-state index in [2.05, 4.69) is 57.3 Å². The Morgan fingerprint density at radius 2 is 1.79 bits per heavy atom. The zero-order valence-electron chi connectivity index (χ0n) is 12.9. The van der Waals surface area contributed by atoms with Gasteiger partial charge in [0.2, 0.25) is 0 Å². The molecule has 0 aromatic heterocycles. The van der Waals surface area contributed by atoms with Crippen LogP contribution in [0.4, 0.5) is 0 Å². The molecule has 0 saturated carbocycles. The molecular formula is C17H29NS. The fraction of sp³-hybridized carbons (Fsp3) is 0.647. The number of hydrogen-bond donors (Lipinski definition) is 1. The highest BCUT2D eigenvalue weighted by Crippen LogP contribution is 2.20. The van der Waals surface area contributed by atoms with Gasteiger partial charge in [0.15, 0.2) is 0 Å². The van der Waals surface area contributed by atoms with Crippen molar-refractivity contribution in [3.05, 3.63) is 35.4 Å². The van der Waals surface area contributed by atoms with Crippen LogP contribution in [0.15, 0.2) is 24.3 Å². The Kier molecular flexibility index (Phi) is 8.24. The Balaban J connectivity index is 2.62. The molecular weight excluding hydrogens is 250 g/mol. The van der Waals surface area contributed by atoms with Crippen molar-refractivity contribution in [2.45, 2.75) is 46.6 Å². The minimum atomic E-state index is 0.495. The van der Waals surface area contributed by atoms with Crippen molar-refractivity contribution in [2.75, 3.05) is 18.1 Å². The van der Waals surface area contributed by atoms with E-state index >= 15 is 0 Å². The molecule has 0 spiro atoms. The van der Waals surface area contributed by atoms with Crippen LogP contribution in [0.2, 0.25) is 0 Å². The first-order valence-corrected chi connectivity index (χ1v) is 8.72. The van der Waals surface area contributed by atoms with Gasteiger partial charge in [0.05, 0.1) is 0 Å². The monoisotopic (exact) mass is 279 g/mol. The lowest BCUT2D eigenvalue weighted by Gasteiger charge is -2.18. The summed E-state index contributed by atoms with van der Waals surface area (Å²) in [6.07, 6.45) is 2.44. The van der Waals surface area contributed by atoms with Gasteiger partial charge < -0.3 is 5.32 Å². The van der Waals surface area contributed by atoms with Gasteiger partial charge in [-0.25, -0.2) is 0 Å². The molecule has 19 heavy (non-hydrogen) atoms. The number of thioether (sulfide) groups is 1. The van der Waals surface area contributed by atoms with Gasteiger partial charge in [0.25, 0.3) is 0 Å². The van der Waals surface area contributed by atoms with Crippen molar-refractivity contribution < 1.29 is 0 Å². The summed E-state index contributed by atoms with van der Waals surface area (Å²) in [6.45, 7) is 10.0. The highest BCUT2D eigenvalue weighted by atomic mass is 32.2. The molecule has 0 radical (unpaired) electrons. The Morgan fingerprint density at radius 1 is 1.11 bits per heavy atom. The molecule has 0 heterocycles. The largest absolute Gasteiger partial charge is 0.310 e. The molecule has 1 atom stereocenters. The molecule has 108 valence electrons.